The van der Waals surface area contributed by atoms with E-state index in [0.29, 0.717) is 0 Å². The number of hydrogen-bond donors (Lipinski definition) is 5. The third-order valence-electron chi connectivity index (χ3n) is 5.17. The van der Waals surface area contributed by atoms with Crippen molar-refractivity contribution in [2.45, 2.75) is 70.1 Å². The summed E-state index contributed by atoms with van der Waals surface area (Å²) in [6, 6.07) is 0. The molecule has 0 bridgehead atoms. The fourth-order valence-electron chi connectivity index (χ4n) is 3.39. The second-order valence-corrected chi connectivity index (χ2v) is 6.96. The number of hydrogen-bond acceptors (Lipinski definition) is 8. The molecule has 1 fully saturated rings. The second-order valence-electron chi connectivity index (χ2n) is 6.96. The molecule has 1 saturated heterocycles. The molecule has 0 aromatic heterocycles. The van der Waals surface area contributed by atoms with Gasteiger partial charge in [0.15, 0.2) is 0 Å². The third kappa shape index (κ3) is 4.19. The molecule has 0 radical (unpaired) electrons. The highest BCUT2D eigenvalue weighted by Crippen LogP contribution is 2.35. The van der Waals surface area contributed by atoms with Crippen molar-refractivity contribution in [1.29, 1.82) is 0 Å². The smallest absolute Gasteiger partial charge is 0.371 e. The number of aliphatic hydroxyl groups excluding tert-OH is 4. The van der Waals surface area contributed by atoms with Crippen molar-refractivity contribution in [3.05, 3.63) is 11.8 Å². The van der Waals surface area contributed by atoms with Gasteiger partial charge in [-0.1, -0.05) is 27.2 Å². The number of ether oxygens (including phenoxy) is 3. The van der Waals surface area contributed by atoms with E-state index in [9.17, 15) is 25.2 Å². The molecular formula is C17H28O9. The minimum atomic E-state index is -1.52. The molecule has 9 heteroatoms. The molecule has 26 heavy (non-hydrogen) atoms. The summed E-state index contributed by atoms with van der Waals surface area (Å²) in [6.45, 7) is 5.35. The van der Waals surface area contributed by atoms with E-state index in [2.05, 4.69) is 0 Å². The number of carbonyl (C=O) groups is 1. The summed E-state index contributed by atoms with van der Waals surface area (Å²) in [5.74, 6) is -2.15. The summed E-state index contributed by atoms with van der Waals surface area (Å²) < 4.78 is 16.6. The lowest BCUT2D eigenvalue weighted by Gasteiger charge is -2.46. The zero-order valence-electron chi connectivity index (χ0n) is 15.1. The van der Waals surface area contributed by atoms with Gasteiger partial charge in [0, 0.05) is 5.92 Å². The lowest BCUT2D eigenvalue weighted by Crippen LogP contribution is -2.59. The molecule has 0 aliphatic carbocycles. The van der Waals surface area contributed by atoms with Crippen molar-refractivity contribution >= 4 is 5.97 Å². The van der Waals surface area contributed by atoms with Crippen molar-refractivity contribution in [3.8, 4) is 0 Å². The summed E-state index contributed by atoms with van der Waals surface area (Å²) >= 11 is 0. The molecular weight excluding hydrogens is 348 g/mol. The van der Waals surface area contributed by atoms with Crippen LogP contribution in [0, 0.1) is 11.8 Å². The van der Waals surface area contributed by atoms with Crippen LogP contribution in [0.5, 0.6) is 0 Å². The van der Waals surface area contributed by atoms with Gasteiger partial charge in [-0.05, 0) is 12.0 Å². The molecule has 4 unspecified atom stereocenters. The van der Waals surface area contributed by atoms with Crippen LogP contribution in [0.25, 0.3) is 0 Å². The number of rotatable bonds is 6. The Hall–Kier alpha value is -1.23. The van der Waals surface area contributed by atoms with Crippen molar-refractivity contribution < 1.29 is 44.5 Å². The predicted molar refractivity (Wildman–Crippen MR) is 87.9 cm³/mol. The minimum absolute atomic E-state index is 0.120. The van der Waals surface area contributed by atoms with Gasteiger partial charge in [-0.25, -0.2) is 4.79 Å². The topological polar surface area (TPSA) is 146 Å². The Morgan fingerprint density at radius 1 is 1.31 bits per heavy atom. The molecule has 2 heterocycles. The van der Waals surface area contributed by atoms with Gasteiger partial charge in [0.2, 0.25) is 12.0 Å². The van der Waals surface area contributed by atoms with Gasteiger partial charge in [0.1, 0.15) is 24.4 Å². The van der Waals surface area contributed by atoms with Crippen molar-refractivity contribution in [2.75, 3.05) is 6.61 Å². The molecule has 0 amide bonds. The van der Waals surface area contributed by atoms with E-state index < -0.39 is 55.1 Å². The fourth-order valence-corrected chi connectivity index (χ4v) is 3.39. The van der Waals surface area contributed by atoms with Crippen LogP contribution < -0.4 is 0 Å². The summed E-state index contributed by atoms with van der Waals surface area (Å²) in [5, 5.41) is 49.0. The molecule has 2 rings (SSSR count). The van der Waals surface area contributed by atoms with Crippen molar-refractivity contribution in [2.24, 2.45) is 11.8 Å². The molecule has 150 valence electrons. The van der Waals surface area contributed by atoms with Gasteiger partial charge < -0.3 is 39.7 Å². The molecule has 0 spiro atoms. The van der Waals surface area contributed by atoms with Crippen LogP contribution in [-0.4, -0.2) is 81.0 Å². The Balaban J connectivity index is 2.21. The van der Waals surface area contributed by atoms with Gasteiger partial charge in [0.25, 0.3) is 0 Å². The standard InChI is InChI=1S/C17H28O9/c1-4-7(2)14-8(3)15(13(21)11(6-18)24-14)26-17-12(20)9(19)5-10(25-17)16(22)23/h5,7-9,11-15,17-21H,4,6H2,1-3H3,(H,22,23)/t7?,8?,9?,11?,12-,13+,14-,15+,17-/m0/s1. The first-order valence-corrected chi connectivity index (χ1v) is 8.78. The molecule has 9 nitrogen and oxygen atoms in total. The molecule has 2 aliphatic heterocycles. The highest BCUT2D eigenvalue weighted by molar-refractivity contribution is 5.84. The Kier molecular flexibility index (Phi) is 7.00. The van der Waals surface area contributed by atoms with Gasteiger partial charge in [-0.2, -0.15) is 0 Å². The van der Waals surface area contributed by atoms with E-state index in [1.54, 1.807) is 6.92 Å². The van der Waals surface area contributed by atoms with Gasteiger partial charge in [0.05, 0.1) is 18.8 Å². The van der Waals surface area contributed by atoms with E-state index in [4.69, 9.17) is 19.3 Å². The van der Waals surface area contributed by atoms with E-state index in [1.807, 2.05) is 13.8 Å². The largest absolute Gasteiger partial charge is 0.475 e. The predicted octanol–water partition coefficient (Wildman–Crippen LogP) is -0.779. The first kappa shape index (κ1) is 21.1. The number of carboxylic acids is 1. The van der Waals surface area contributed by atoms with Crippen molar-refractivity contribution in [3.63, 3.8) is 0 Å². The molecule has 9 atom stereocenters. The van der Waals surface area contributed by atoms with Crippen LogP contribution in [0.4, 0.5) is 0 Å². The minimum Gasteiger partial charge on any atom is -0.475 e. The van der Waals surface area contributed by atoms with Gasteiger partial charge >= 0.3 is 5.97 Å². The lowest BCUT2D eigenvalue weighted by molar-refractivity contribution is -0.289. The maximum Gasteiger partial charge on any atom is 0.371 e. The highest BCUT2D eigenvalue weighted by atomic mass is 16.7. The summed E-state index contributed by atoms with van der Waals surface area (Å²) in [4.78, 5) is 11.1. The normalized spacial score (nSPS) is 41.9. The third-order valence-corrected chi connectivity index (χ3v) is 5.17. The van der Waals surface area contributed by atoms with Crippen LogP contribution >= 0.6 is 0 Å². The summed E-state index contributed by atoms with van der Waals surface area (Å²) in [7, 11) is 0. The average Bonchev–Trinajstić information content (AvgIpc) is 2.61. The summed E-state index contributed by atoms with van der Waals surface area (Å²) in [5.41, 5.74) is 0. The number of carboxylic acid groups (broad SMARTS) is 1. The number of aliphatic hydroxyl groups is 4. The highest BCUT2D eigenvalue weighted by Gasteiger charge is 2.48. The number of aliphatic carboxylic acids is 1. The van der Waals surface area contributed by atoms with Crippen LogP contribution in [-0.2, 0) is 19.0 Å². The molecule has 0 aromatic rings. The molecule has 0 aromatic carbocycles. The van der Waals surface area contributed by atoms with Crippen LogP contribution in [0.15, 0.2) is 11.8 Å². The average molecular weight is 376 g/mol. The van der Waals surface area contributed by atoms with E-state index in [0.717, 1.165) is 12.5 Å². The first-order chi connectivity index (χ1) is 12.2. The Labute approximate surface area is 151 Å². The SMILES string of the molecule is CCC(C)[C@@H]1OC(CO)[C@@H](O)[C@H](O[C@@H]2OC(C(=O)O)=CC(O)[C@@H]2O)C1C. The second kappa shape index (κ2) is 8.64. The Bertz CT molecular complexity index is 522. The quantitative estimate of drug-likeness (QED) is 0.403. The Morgan fingerprint density at radius 2 is 1.96 bits per heavy atom. The first-order valence-electron chi connectivity index (χ1n) is 8.78. The van der Waals surface area contributed by atoms with Crippen molar-refractivity contribution in [1.82, 2.24) is 0 Å². The van der Waals surface area contributed by atoms with Crippen LogP contribution in [0.3, 0.4) is 0 Å². The van der Waals surface area contributed by atoms with E-state index >= 15 is 0 Å². The lowest BCUT2D eigenvalue weighted by atomic mass is 9.81. The van der Waals surface area contributed by atoms with Gasteiger partial charge in [-0.3, -0.25) is 0 Å². The maximum atomic E-state index is 11.1. The summed E-state index contributed by atoms with van der Waals surface area (Å²) in [6.07, 6.45) is -6.07. The van der Waals surface area contributed by atoms with Crippen LogP contribution in [0.1, 0.15) is 27.2 Å². The maximum absolute atomic E-state index is 11.1. The van der Waals surface area contributed by atoms with Crippen LogP contribution in [0.2, 0.25) is 0 Å². The fraction of sp³-hybridized carbons (Fsp3) is 0.824. The molecule has 5 N–H and O–H groups in total. The zero-order chi connectivity index (χ0) is 19.6. The Morgan fingerprint density at radius 3 is 2.50 bits per heavy atom. The monoisotopic (exact) mass is 376 g/mol. The zero-order valence-corrected chi connectivity index (χ0v) is 15.1. The van der Waals surface area contributed by atoms with Gasteiger partial charge in [-0.15, -0.1) is 0 Å². The van der Waals surface area contributed by atoms with E-state index in [1.165, 1.54) is 0 Å². The molecule has 0 saturated carbocycles. The van der Waals surface area contributed by atoms with E-state index in [-0.39, 0.29) is 17.9 Å². The molecule has 2 aliphatic rings.